The Hall–Kier alpha value is -1.61. The van der Waals surface area contributed by atoms with Crippen LogP contribution >= 0.6 is 11.3 Å². The number of aromatic nitrogens is 2. The minimum absolute atomic E-state index is 0.283. The predicted molar refractivity (Wildman–Crippen MR) is 67.7 cm³/mol. The molecule has 1 unspecified atom stereocenters. The zero-order valence-corrected chi connectivity index (χ0v) is 11.5. The number of aryl methyl sites for hydroxylation is 2. The van der Waals surface area contributed by atoms with E-state index in [1.807, 2.05) is 0 Å². The standard InChI is InChI=1S/C11H12F3N3O2S/c1-5-6-3-7(20-10(6)17(2)16-5)9(19)15-4-8(18)11(12,13)14/h3,8,18H,4H2,1-2H3,(H,15,19). The van der Waals surface area contributed by atoms with Crippen molar-refractivity contribution in [2.45, 2.75) is 19.2 Å². The summed E-state index contributed by atoms with van der Waals surface area (Å²) < 4.78 is 38.0. The average molecular weight is 307 g/mol. The van der Waals surface area contributed by atoms with Gasteiger partial charge in [0.25, 0.3) is 5.91 Å². The molecule has 2 rings (SSSR count). The summed E-state index contributed by atoms with van der Waals surface area (Å²) in [5, 5.41) is 15.8. The van der Waals surface area contributed by atoms with Gasteiger partial charge in [-0.05, 0) is 13.0 Å². The van der Waals surface area contributed by atoms with Crippen LogP contribution in [0, 0.1) is 6.92 Å². The normalized spacial score (nSPS) is 13.7. The molecule has 20 heavy (non-hydrogen) atoms. The highest BCUT2D eigenvalue weighted by Crippen LogP contribution is 2.27. The van der Waals surface area contributed by atoms with Gasteiger partial charge in [0.15, 0.2) is 6.10 Å². The number of hydrogen-bond donors (Lipinski definition) is 2. The number of hydrogen-bond acceptors (Lipinski definition) is 4. The van der Waals surface area contributed by atoms with E-state index in [0.29, 0.717) is 0 Å². The van der Waals surface area contributed by atoms with Gasteiger partial charge in [-0.1, -0.05) is 0 Å². The fourth-order valence-electron chi connectivity index (χ4n) is 1.71. The first-order valence-corrected chi connectivity index (χ1v) is 6.48. The molecule has 0 saturated heterocycles. The average Bonchev–Trinajstić information content (AvgIpc) is 2.88. The predicted octanol–water partition coefficient (Wildman–Crippen LogP) is 1.60. The second-order valence-corrected chi connectivity index (χ2v) is 5.34. The number of carbonyl (C=O) groups excluding carboxylic acids is 1. The Morgan fingerprint density at radius 2 is 2.25 bits per heavy atom. The van der Waals surface area contributed by atoms with Crippen LogP contribution in [-0.4, -0.2) is 39.6 Å². The molecule has 0 fully saturated rings. The number of alkyl halides is 3. The number of thiophene rings is 1. The van der Waals surface area contributed by atoms with Crippen LogP contribution in [0.15, 0.2) is 6.07 Å². The van der Waals surface area contributed by atoms with Crippen molar-refractivity contribution in [1.82, 2.24) is 15.1 Å². The first-order chi connectivity index (χ1) is 9.20. The molecule has 0 aliphatic rings. The van der Waals surface area contributed by atoms with Crippen LogP contribution in [0.2, 0.25) is 0 Å². The molecule has 9 heteroatoms. The molecule has 1 atom stereocenters. The lowest BCUT2D eigenvalue weighted by molar-refractivity contribution is -0.201. The van der Waals surface area contributed by atoms with Crippen LogP contribution in [0.1, 0.15) is 15.4 Å². The van der Waals surface area contributed by atoms with Crippen LogP contribution in [-0.2, 0) is 7.05 Å². The highest BCUT2D eigenvalue weighted by Gasteiger charge is 2.38. The lowest BCUT2D eigenvalue weighted by atomic mass is 10.3. The van der Waals surface area contributed by atoms with Crippen molar-refractivity contribution in [3.8, 4) is 0 Å². The number of halogens is 3. The second kappa shape index (κ2) is 5.06. The third-order valence-corrected chi connectivity index (χ3v) is 3.95. The van der Waals surface area contributed by atoms with E-state index in [1.165, 1.54) is 0 Å². The van der Waals surface area contributed by atoms with Crippen molar-refractivity contribution in [3.05, 3.63) is 16.6 Å². The lowest BCUT2D eigenvalue weighted by Crippen LogP contribution is -2.40. The summed E-state index contributed by atoms with van der Waals surface area (Å²) in [6.07, 6.45) is -7.31. The summed E-state index contributed by atoms with van der Waals surface area (Å²) in [5.41, 5.74) is 0.744. The van der Waals surface area contributed by atoms with Gasteiger partial charge in [-0.2, -0.15) is 18.3 Å². The zero-order chi connectivity index (χ0) is 15.1. The molecule has 2 N–H and O–H groups in total. The largest absolute Gasteiger partial charge is 0.416 e. The number of carbonyl (C=O) groups is 1. The van der Waals surface area contributed by atoms with E-state index in [4.69, 9.17) is 5.11 Å². The molecule has 0 bridgehead atoms. The lowest BCUT2D eigenvalue weighted by Gasteiger charge is -2.14. The first kappa shape index (κ1) is 14.8. The summed E-state index contributed by atoms with van der Waals surface area (Å²) in [6.45, 7) is 0.915. The second-order valence-electron chi connectivity index (χ2n) is 4.31. The minimum atomic E-state index is -4.74. The summed E-state index contributed by atoms with van der Waals surface area (Å²) in [4.78, 5) is 12.8. The third-order valence-electron chi connectivity index (χ3n) is 2.75. The molecule has 2 heterocycles. The van der Waals surface area contributed by atoms with E-state index in [9.17, 15) is 18.0 Å². The minimum Gasteiger partial charge on any atom is -0.382 e. The molecule has 0 saturated carbocycles. The van der Waals surface area contributed by atoms with Crippen molar-refractivity contribution < 1.29 is 23.1 Å². The SMILES string of the molecule is Cc1nn(C)c2sc(C(=O)NCC(O)C(F)(F)F)cc12. The van der Waals surface area contributed by atoms with Gasteiger partial charge in [-0.3, -0.25) is 9.48 Å². The number of aliphatic hydroxyl groups excluding tert-OH is 1. The Bertz CT molecular complexity index is 613. The topological polar surface area (TPSA) is 67.2 Å². The molecule has 0 radical (unpaired) electrons. The fourth-order valence-corrected chi connectivity index (χ4v) is 2.75. The smallest absolute Gasteiger partial charge is 0.382 e. The van der Waals surface area contributed by atoms with Gasteiger partial charge < -0.3 is 10.4 Å². The highest BCUT2D eigenvalue weighted by atomic mass is 32.1. The summed E-state index contributed by atoms with van der Waals surface area (Å²) in [7, 11) is 1.72. The van der Waals surface area contributed by atoms with Gasteiger partial charge in [0, 0.05) is 12.4 Å². The molecule has 0 aliphatic carbocycles. The van der Waals surface area contributed by atoms with E-state index in [-0.39, 0.29) is 4.88 Å². The van der Waals surface area contributed by atoms with Crippen molar-refractivity contribution in [2.24, 2.45) is 7.05 Å². The molecule has 0 spiro atoms. The first-order valence-electron chi connectivity index (χ1n) is 5.66. The summed E-state index contributed by atoms with van der Waals surface area (Å²) >= 11 is 1.14. The molecule has 110 valence electrons. The van der Waals surface area contributed by atoms with Gasteiger partial charge >= 0.3 is 6.18 Å². The van der Waals surface area contributed by atoms with Crippen molar-refractivity contribution in [1.29, 1.82) is 0 Å². The monoisotopic (exact) mass is 307 g/mol. The Balaban J connectivity index is 2.10. The summed E-state index contributed by atoms with van der Waals surface area (Å²) in [5.74, 6) is -0.645. The van der Waals surface area contributed by atoms with Crippen LogP contribution in [0.3, 0.4) is 0 Å². The van der Waals surface area contributed by atoms with Gasteiger partial charge in [-0.15, -0.1) is 11.3 Å². The van der Waals surface area contributed by atoms with E-state index >= 15 is 0 Å². The third kappa shape index (κ3) is 2.78. The number of fused-ring (bicyclic) bond motifs is 1. The van der Waals surface area contributed by atoms with Gasteiger partial charge in [0.05, 0.1) is 17.1 Å². The molecule has 0 aromatic carbocycles. The molecular weight excluding hydrogens is 295 g/mol. The van der Waals surface area contributed by atoms with Crippen molar-refractivity contribution in [3.63, 3.8) is 0 Å². The van der Waals surface area contributed by atoms with Gasteiger partial charge in [0.1, 0.15) is 4.83 Å². The van der Waals surface area contributed by atoms with Crippen molar-refractivity contribution in [2.75, 3.05) is 6.54 Å². The van der Waals surface area contributed by atoms with E-state index in [0.717, 1.165) is 27.2 Å². The van der Waals surface area contributed by atoms with E-state index in [2.05, 4.69) is 10.4 Å². The van der Waals surface area contributed by atoms with E-state index in [1.54, 1.807) is 24.7 Å². The molecule has 0 aliphatic heterocycles. The Morgan fingerprint density at radius 1 is 1.60 bits per heavy atom. The van der Waals surface area contributed by atoms with Crippen LogP contribution in [0.4, 0.5) is 13.2 Å². The molecular formula is C11H12F3N3O2S. The highest BCUT2D eigenvalue weighted by molar-refractivity contribution is 7.20. The van der Waals surface area contributed by atoms with Crippen molar-refractivity contribution >= 4 is 27.5 Å². The maximum absolute atomic E-state index is 12.1. The Kier molecular flexibility index (Phi) is 3.74. The quantitative estimate of drug-likeness (QED) is 0.905. The fraction of sp³-hybridized carbons (Fsp3) is 0.455. The molecule has 2 aromatic rings. The Morgan fingerprint density at radius 3 is 2.80 bits per heavy atom. The van der Waals surface area contributed by atoms with Crippen LogP contribution in [0.25, 0.3) is 10.2 Å². The number of rotatable bonds is 3. The number of amides is 1. The number of nitrogens with zero attached hydrogens (tertiary/aromatic N) is 2. The number of aliphatic hydroxyl groups is 1. The molecule has 5 nitrogen and oxygen atoms in total. The molecule has 1 amide bonds. The maximum Gasteiger partial charge on any atom is 0.416 e. The van der Waals surface area contributed by atoms with Crippen LogP contribution in [0.5, 0.6) is 0 Å². The summed E-state index contributed by atoms with van der Waals surface area (Å²) in [6, 6.07) is 1.58. The molecule has 2 aromatic heterocycles. The zero-order valence-electron chi connectivity index (χ0n) is 10.7. The van der Waals surface area contributed by atoms with Gasteiger partial charge in [-0.25, -0.2) is 0 Å². The Labute approximate surface area is 116 Å². The van der Waals surface area contributed by atoms with Crippen LogP contribution < -0.4 is 5.32 Å². The number of nitrogens with one attached hydrogen (secondary N) is 1. The van der Waals surface area contributed by atoms with Gasteiger partial charge in [0.2, 0.25) is 0 Å². The maximum atomic E-state index is 12.1. The van der Waals surface area contributed by atoms with E-state index < -0.39 is 24.7 Å².